The Morgan fingerprint density at radius 3 is 2.36 bits per heavy atom. The number of aliphatic hydroxyl groups excluding tert-OH is 1. The Kier molecular flexibility index (Phi) is 8.53. The molecule has 2 atom stereocenters. The molecule has 0 fully saturated rings. The summed E-state index contributed by atoms with van der Waals surface area (Å²) in [6, 6.07) is 10.7. The molecule has 2 amide bonds. The zero-order chi connectivity index (χ0) is 28.3. The number of nitrogens with zero attached hydrogens (tertiary/aromatic N) is 2. The first-order valence-corrected chi connectivity index (χ1v) is 15.4. The summed E-state index contributed by atoms with van der Waals surface area (Å²) in [4.78, 5) is 31.8. The van der Waals surface area contributed by atoms with Gasteiger partial charge in [-0.1, -0.05) is 26.0 Å². The zero-order valence-electron chi connectivity index (χ0n) is 22.2. The second-order valence-electron chi connectivity index (χ2n) is 9.96. The van der Waals surface area contributed by atoms with Crippen molar-refractivity contribution in [1.29, 1.82) is 0 Å². The van der Waals surface area contributed by atoms with Gasteiger partial charge in [-0.25, -0.2) is 13.4 Å². The van der Waals surface area contributed by atoms with E-state index in [2.05, 4.69) is 10.6 Å². The molecule has 0 aliphatic rings. The van der Waals surface area contributed by atoms with E-state index in [9.17, 15) is 23.1 Å². The molecule has 3 heterocycles. The number of carbonyl (C=O) groups excluding carboxylic acids is 2. The van der Waals surface area contributed by atoms with Gasteiger partial charge in [0.25, 0.3) is 11.8 Å². The molecule has 4 aromatic rings. The second-order valence-corrected chi connectivity index (χ2v) is 12.8. The lowest BCUT2D eigenvalue weighted by Crippen LogP contribution is -2.39. The van der Waals surface area contributed by atoms with Crippen molar-refractivity contribution in [3.05, 3.63) is 76.2 Å². The highest BCUT2D eigenvalue weighted by atomic mass is 32.2. The summed E-state index contributed by atoms with van der Waals surface area (Å²) in [5.74, 6) is -0.497. The van der Waals surface area contributed by atoms with Crippen LogP contribution in [-0.2, 0) is 9.84 Å². The first-order valence-electron chi connectivity index (χ1n) is 12.6. The van der Waals surface area contributed by atoms with Crippen LogP contribution < -0.4 is 10.6 Å². The number of rotatable bonds is 10. The zero-order valence-corrected chi connectivity index (χ0v) is 23.8. The number of sulfone groups is 1. The SMILES string of the molecule is CC(C)C[C@@H](CO)NC(=O)c1c(-c2ccsc2)nc2c(C(=O)N[C@H](C)c3ccc(S(C)(=O)=O)cc3)cccn12. The third-order valence-corrected chi connectivity index (χ3v) is 8.18. The summed E-state index contributed by atoms with van der Waals surface area (Å²) in [5, 5.41) is 19.5. The van der Waals surface area contributed by atoms with E-state index in [-0.39, 0.29) is 40.5 Å². The van der Waals surface area contributed by atoms with Gasteiger partial charge in [-0.2, -0.15) is 11.3 Å². The number of aliphatic hydroxyl groups is 1. The molecule has 0 saturated heterocycles. The van der Waals surface area contributed by atoms with Crippen LogP contribution in [0.15, 0.2) is 64.3 Å². The van der Waals surface area contributed by atoms with Gasteiger partial charge in [0, 0.05) is 23.4 Å². The molecule has 3 N–H and O–H groups in total. The van der Waals surface area contributed by atoms with Gasteiger partial charge in [0.2, 0.25) is 0 Å². The molecule has 0 bridgehead atoms. The van der Waals surface area contributed by atoms with Crippen LogP contribution in [0.4, 0.5) is 0 Å². The fourth-order valence-electron chi connectivity index (χ4n) is 4.43. The van der Waals surface area contributed by atoms with E-state index < -0.39 is 21.9 Å². The van der Waals surface area contributed by atoms with Crippen molar-refractivity contribution in [2.75, 3.05) is 12.9 Å². The molecule has 9 nitrogen and oxygen atoms in total. The highest BCUT2D eigenvalue weighted by Gasteiger charge is 2.26. The Labute approximate surface area is 231 Å². The number of fused-ring (bicyclic) bond motifs is 1. The van der Waals surface area contributed by atoms with Gasteiger partial charge in [-0.15, -0.1) is 0 Å². The van der Waals surface area contributed by atoms with Gasteiger partial charge >= 0.3 is 0 Å². The molecule has 39 heavy (non-hydrogen) atoms. The third kappa shape index (κ3) is 6.38. The predicted molar refractivity (Wildman–Crippen MR) is 152 cm³/mol. The molecule has 0 spiro atoms. The Bertz CT molecular complexity index is 1580. The maximum absolute atomic E-state index is 13.5. The van der Waals surface area contributed by atoms with E-state index >= 15 is 0 Å². The van der Waals surface area contributed by atoms with Crippen molar-refractivity contribution >= 4 is 38.6 Å². The molecular weight excluding hydrogens is 536 g/mol. The number of hydrogen-bond acceptors (Lipinski definition) is 7. The van der Waals surface area contributed by atoms with E-state index in [1.807, 2.05) is 30.7 Å². The second kappa shape index (κ2) is 11.7. The summed E-state index contributed by atoms with van der Waals surface area (Å²) in [5.41, 5.74) is 2.83. The van der Waals surface area contributed by atoms with E-state index in [1.54, 1.807) is 41.8 Å². The largest absolute Gasteiger partial charge is 0.394 e. The molecule has 0 saturated carbocycles. The first-order chi connectivity index (χ1) is 18.5. The third-order valence-electron chi connectivity index (χ3n) is 6.37. The van der Waals surface area contributed by atoms with Crippen molar-refractivity contribution < 1.29 is 23.1 Å². The number of carbonyl (C=O) groups is 2. The van der Waals surface area contributed by atoms with Gasteiger partial charge in [-0.3, -0.25) is 14.0 Å². The first kappa shape index (κ1) is 28.5. The lowest BCUT2D eigenvalue weighted by atomic mass is 10.0. The molecule has 3 aromatic heterocycles. The average Bonchev–Trinajstić information content (AvgIpc) is 3.55. The highest BCUT2D eigenvalue weighted by molar-refractivity contribution is 7.90. The summed E-state index contributed by atoms with van der Waals surface area (Å²) >= 11 is 1.47. The number of imidazole rings is 1. The fraction of sp³-hybridized carbons (Fsp3) is 0.321. The highest BCUT2D eigenvalue weighted by Crippen LogP contribution is 2.28. The van der Waals surface area contributed by atoms with Crippen LogP contribution in [0.2, 0.25) is 0 Å². The Balaban J connectivity index is 1.69. The summed E-state index contributed by atoms with van der Waals surface area (Å²) < 4.78 is 25.1. The predicted octanol–water partition coefficient (Wildman–Crippen LogP) is 4.09. The van der Waals surface area contributed by atoms with Crippen molar-refractivity contribution in [3.8, 4) is 11.3 Å². The minimum absolute atomic E-state index is 0.189. The number of benzene rings is 1. The lowest BCUT2D eigenvalue weighted by molar-refractivity contribution is 0.0900. The summed E-state index contributed by atoms with van der Waals surface area (Å²) in [7, 11) is -3.32. The molecule has 0 aliphatic heterocycles. The van der Waals surface area contributed by atoms with Crippen LogP contribution in [0.1, 0.15) is 59.6 Å². The number of aromatic nitrogens is 2. The number of amides is 2. The maximum Gasteiger partial charge on any atom is 0.270 e. The number of nitrogens with one attached hydrogen (secondary N) is 2. The normalized spacial score (nSPS) is 13.4. The molecule has 11 heteroatoms. The smallest absolute Gasteiger partial charge is 0.270 e. The van der Waals surface area contributed by atoms with Crippen LogP contribution in [0, 0.1) is 5.92 Å². The molecule has 0 radical (unpaired) electrons. The molecular formula is C28H32N4O5S2. The van der Waals surface area contributed by atoms with Crippen LogP contribution in [0.25, 0.3) is 16.9 Å². The number of pyridine rings is 1. The van der Waals surface area contributed by atoms with Crippen molar-refractivity contribution in [3.63, 3.8) is 0 Å². The average molecular weight is 569 g/mol. The van der Waals surface area contributed by atoms with E-state index in [1.165, 1.54) is 23.5 Å². The van der Waals surface area contributed by atoms with E-state index in [0.717, 1.165) is 17.4 Å². The molecule has 206 valence electrons. The van der Waals surface area contributed by atoms with E-state index in [0.29, 0.717) is 17.8 Å². The van der Waals surface area contributed by atoms with Gasteiger partial charge < -0.3 is 15.7 Å². The number of hydrogen-bond donors (Lipinski definition) is 3. The fourth-order valence-corrected chi connectivity index (χ4v) is 5.70. The van der Waals surface area contributed by atoms with Crippen LogP contribution in [0.3, 0.4) is 0 Å². The topological polar surface area (TPSA) is 130 Å². The summed E-state index contributed by atoms with van der Waals surface area (Å²) in [6.45, 7) is 5.65. The minimum Gasteiger partial charge on any atom is -0.394 e. The Morgan fingerprint density at radius 2 is 1.77 bits per heavy atom. The van der Waals surface area contributed by atoms with Crippen molar-refractivity contribution in [2.24, 2.45) is 5.92 Å². The van der Waals surface area contributed by atoms with Gasteiger partial charge in [-0.05, 0) is 60.5 Å². The summed E-state index contributed by atoms with van der Waals surface area (Å²) in [6.07, 6.45) is 3.45. The Morgan fingerprint density at radius 1 is 1.05 bits per heavy atom. The Hall–Kier alpha value is -3.54. The van der Waals surface area contributed by atoms with Gasteiger partial charge in [0.05, 0.1) is 29.1 Å². The minimum atomic E-state index is -3.32. The lowest BCUT2D eigenvalue weighted by Gasteiger charge is -2.18. The quantitative estimate of drug-likeness (QED) is 0.264. The standard InChI is InChI=1S/C28H32N4O5S2/c1-17(2)14-21(15-33)30-28(35)25-24(20-11-13-38-16-20)31-26-23(6-5-12-32(25)26)27(34)29-18(3)19-7-9-22(10-8-19)39(4,36)37/h5-13,16-18,21,33H,14-15H2,1-4H3,(H,29,34)(H,30,35)/t18-,21+/m1/s1. The van der Waals surface area contributed by atoms with E-state index in [4.69, 9.17) is 4.98 Å². The van der Waals surface area contributed by atoms with Gasteiger partial charge in [0.15, 0.2) is 15.5 Å². The molecule has 1 aromatic carbocycles. The molecule has 0 aliphatic carbocycles. The van der Waals surface area contributed by atoms with Crippen molar-refractivity contribution in [2.45, 2.75) is 44.2 Å². The molecule has 0 unspecified atom stereocenters. The van der Waals surface area contributed by atoms with Crippen LogP contribution >= 0.6 is 11.3 Å². The number of thiophene rings is 1. The monoisotopic (exact) mass is 568 g/mol. The molecule has 4 rings (SSSR count). The van der Waals surface area contributed by atoms with Crippen LogP contribution in [-0.4, -0.2) is 53.6 Å². The van der Waals surface area contributed by atoms with Gasteiger partial charge in [0.1, 0.15) is 11.4 Å². The van der Waals surface area contributed by atoms with Crippen LogP contribution in [0.5, 0.6) is 0 Å². The van der Waals surface area contributed by atoms with Crippen molar-refractivity contribution in [1.82, 2.24) is 20.0 Å². The maximum atomic E-state index is 13.5.